The van der Waals surface area contributed by atoms with Gasteiger partial charge in [-0.3, -0.25) is 14.9 Å². The van der Waals surface area contributed by atoms with E-state index in [1.165, 1.54) is 32.0 Å². The Balaban J connectivity index is 1.78. The summed E-state index contributed by atoms with van der Waals surface area (Å²) in [6, 6.07) is 12.0. The van der Waals surface area contributed by atoms with E-state index in [2.05, 4.69) is 10.6 Å². The second-order valence-electron chi connectivity index (χ2n) is 6.55. The van der Waals surface area contributed by atoms with E-state index >= 15 is 0 Å². The van der Waals surface area contributed by atoms with Gasteiger partial charge in [-0.15, -0.1) is 0 Å². The molecule has 2 aromatic carbocycles. The fraction of sp³-hybridized carbons (Fsp3) is 0.350. The number of nitrogens with one attached hydrogen (secondary N) is 2. The van der Waals surface area contributed by atoms with Crippen molar-refractivity contribution in [3.63, 3.8) is 0 Å². The summed E-state index contributed by atoms with van der Waals surface area (Å²) in [5.74, 6) is 0.456. The molecule has 0 saturated heterocycles. The van der Waals surface area contributed by atoms with E-state index in [0.29, 0.717) is 12.2 Å². The SMILES string of the molecule is CNC(=O)c1cc([N+](=O)[O-])ccc1NCc1ccccc1OC1CCCC1. The third-order valence-corrected chi connectivity index (χ3v) is 4.72. The largest absolute Gasteiger partial charge is 0.490 e. The number of nitro benzene ring substituents is 1. The van der Waals surface area contributed by atoms with Crippen LogP contribution in [-0.4, -0.2) is 24.0 Å². The third-order valence-electron chi connectivity index (χ3n) is 4.72. The number of nitrogens with zero attached hydrogens (tertiary/aromatic N) is 1. The van der Waals surface area contributed by atoms with Crippen molar-refractivity contribution in [1.82, 2.24) is 5.32 Å². The Kier molecular flexibility index (Phi) is 5.90. The summed E-state index contributed by atoms with van der Waals surface area (Å²) >= 11 is 0. The quantitative estimate of drug-likeness (QED) is 0.570. The van der Waals surface area contributed by atoms with Crippen LogP contribution in [0.15, 0.2) is 42.5 Å². The van der Waals surface area contributed by atoms with Gasteiger partial charge in [-0.1, -0.05) is 18.2 Å². The lowest BCUT2D eigenvalue weighted by Crippen LogP contribution is -2.20. The van der Waals surface area contributed by atoms with E-state index in [0.717, 1.165) is 24.2 Å². The molecule has 0 unspecified atom stereocenters. The topological polar surface area (TPSA) is 93.5 Å². The maximum Gasteiger partial charge on any atom is 0.270 e. The van der Waals surface area contributed by atoms with Gasteiger partial charge in [-0.25, -0.2) is 0 Å². The molecule has 0 spiro atoms. The first-order valence-corrected chi connectivity index (χ1v) is 9.07. The maximum absolute atomic E-state index is 12.1. The molecular formula is C20H23N3O4. The number of nitro groups is 1. The van der Waals surface area contributed by atoms with Gasteiger partial charge in [0.15, 0.2) is 0 Å². The number of non-ortho nitro benzene ring substituents is 1. The van der Waals surface area contributed by atoms with Crippen LogP contribution in [-0.2, 0) is 6.54 Å². The fourth-order valence-electron chi connectivity index (χ4n) is 3.26. The van der Waals surface area contributed by atoms with Gasteiger partial charge in [0, 0.05) is 37.0 Å². The lowest BCUT2D eigenvalue weighted by molar-refractivity contribution is -0.384. The summed E-state index contributed by atoms with van der Waals surface area (Å²) in [5, 5.41) is 16.7. The van der Waals surface area contributed by atoms with Crippen molar-refractivity contribution >= 4 is 17.3 Å². The van der Waals surface area contributed by atoms with Crippen molar-refractivity contribution in [3.8, 4) is 5.75 Å². The van der Waals surface area contributed by atoms with E-state index in [-0.39, 0.29) is 23.3 Å². The Labute approximate surface area is 157 Å². The average Bonchev–Trinajstić information content (AvgIpc) is 3.19. The van der Waals surface area contributed by atoms with E-state index in [1.54, 1.807) is 6.07 Å². The van der Waals surface area contributed by atoms with Crippen LogP contribution in [0.3, 0.4) is 0 Å². The Morgan fingerprint density at radius 1 is 1.22 bits per heavy atom. The Bertz CT molecular complexity index is 832. The summed E-state index contributed by atoms with van der Waals surface area (Å²) in [4.78, 5) is 22.6. The third kappa shape index (κ3) is 4.55. The number of benzene rings is 2. The minimum absolute atomic E-state index is 0.121. The highest BCUT2D eigenvalue weighted by Crippen LogP contribution is 2.28. The lowest BCUT2D eigenvalue weighted by atomic mass is 10.1. The summed E-state index contributed by atoms with van der Waals surface area (Å²) in [7, 11) is 1.50. The minimum Gasteiger partial charge on any atom is -0.490 e. The molecule has 27 heavy (non-hydrogen) atoms. The van der Waals surface area contributed by atoms with Crippen molar-refractivity contribution in [3.05, 3.63) is 63.7 Å². The van der Waals surface area contributed by atoms with Gasteiger partial charge in [-0.05, 0) is 37.8 Å². The smallest absolute Gasteiger partial charge is 0.270 e. The predicted octanol–water partition coefficient (Wildman–Crippen LogP) is 3.89. The summed E-state index contributed by atoms with van der Waals surface area (Å²) < 4.78 is 6.14. The van der Waals surface area contributed by atoms with Crippen molar-refractivity contribution in [2.24, 2.45) is 0 Å². The Morgan fingerprint density at radius 3 is 2.67 bits per heavy atom. The van der Waals surface area contributed by atoms with Crippen molar-refractivity contribution in [2.45, 2.75) is 38.3 Å². The van der Waals surface area contributed by atoms with Crippen LogP contribution < -0.4 is 15.4 Å². The second-order valence-corrected chi connectivity index (χ2v) is 6.55. The van der Waals surface area contributed by atoms with E-state index in [9.17, 15) is 14.9 Å². The fourth-order valence-corrected chi connectivity index (χ4v) is 3.26. The molecule has 1 amide bonds. The van der Waals surface area contributed by atoms with Gasteiger partial charge in [0.2, 0.25) is 0 Å². The van der Waals surface area contributed by atoms with Crippen LogP contribution in [0.4, 0.5) is 11.4 Å². The molecule has 0 radical (unpaired) electrons. The van der Waals surface area contributed by atoms with Crippen LogP contribution in [0.2, 0.25) is 0 Å². The average molecular weight is 369 g/mol. The van der Waals surface area contributed by atoms with Gasteiger partial charge < -0.3 is 15.4 Å². The summed E-state index contributed by atoms with van der Waals surface area (Å²) in [6.45, 7) is 0.449. The van der Waals surface area contributed by atoms with Gasteiger partial charge in [0.05, 0.1) is 16.6 Å². The molecule has 1 fully saturated rings. The predicted molar refractivity (Wildman–Crippen MR) is 103 cm³/mol. The second kappa shape index (κ2) is 8.53. The number of hydrogen-bond donors (Lipinski definition) is 2. The molecule has 1 saturated carbocycles. The molecule has 2 N–H and O–H groups in total. The Morgan fingerprint density at radius 2 is 1.96 bits per heavy atom. The normalized spacial score (nSPS) is 14.0. The van der Waals surface area contributed by atoms with Gasteiger partial charge in [-0.2, -0.15) is 0 Å². The molecule has 0 atom stereocenters. The number of rotatable bonds is 7. The van der Waals surface area contributed by atoms with Gasteiger partial charge in [0.25, 0.3) is 11.6 Å². The molecule has 2 aromatic rings. The van der Waals surface area contributed by atoms with E-state index in [1.807, 2.05) is 24.3 Å². The van der Waals surface area contributed by atoms with Crippen molar-refractivity contribution in [2.75, 3.05) is 12.4 Å². The first-order chi connectivity index (χ1) is 13.1. The van der Waals surface area contributed by atoms with Gasteiger partial charge in [0.1, 0.15) is 5.75 Å². The zero-order valence-electron chi connectivity index (χ0n) is 15.2. The monoisotopic (exact) mass is 369 g/mol. The molecule has 3 rings (SSSR count). The molecule has 1 aliphatic carbocycles. The number of carbonyl (C=O) groups is 1. The molecule has 7 nitrogen and oxygen atoms in total. The van der Waals surface area contributed by atoms with Gasteiger partial charge >= 0.3 is 0 Å². The van der Waals surface area contributed by atoms with Crippen molar-refractivity contribution in [1.29, 1.82) is 0 Å². The standard InChI is InChI=1S/C20H23N3O4/c1-21-20(24)17-12-15(23(25)26)10-11-18(17)22-13-14-6-2-5-9-19(14)27-16-7-3-4-8-16/h2,5-6,9-12,16,22H,3-4,7-8,13H2,1H3,(H,21,24). The molecular weight excluding hydrogens is 346 g/mol. The molecule has 0 bridgehead atoms. The first-order valence-electron chi connectivity index (χ1n) is 9.07. The van der Waals surface area contributed by atoms with Crippen LogP contribution >= 0.6 is 0 Å². The van der Waals surface area contributed by atoms with Crippen LogP contribution in [0.25, 0.3) is 0 Å². The molecule has 0 aromatic heterocycles. The van der Waals surface area contributed by atoms with Crippen molar-refractivity contribution < 1.29 is 14.5 Å². The van der Waals surface area contributed by atoms with E-state index < -0.39 is 4.92 Å². The van der Waals surface area contributed by atoms with Crippen LogP contribution in [0.1, 0.15) is 41.6 Å². The maximum atomic E-state index is 12.1. The number of hydrogen-bond acceptors (Lipinski definition) is 5. The Hall–Kier alpha value is -3.09. The number of ether oxygens (including phenoxy) is 1. The van der Waals surface area contributed by atoms with E-state index in [4.69, 9.17) is 4.74 Å². The molecule has 7 heteroatoms. The zero-order chi connectivity index (χ0) is 19.2. The molecule has 0 aliphatic heterocycles. The molecule has 1 aliphatic rings. The number of carbonyl (C=O) groups excluding carboxylic acids is 1. The molecule has 142 valence electrons. The lowest BCUT2D eigenvalue weighted by Gasteiger charge is -2.17. The number of para-hydroxylation sites is 1. The number of amides is 1. The minimum atomic E-state index is -0.513. The van der Waals surface area contributed by atoms with Crippen LogP contribution in [0, 0.1) is 10.1 Å². The van der Waals surface area contributed by atoms with Crippen LogP contribution in [0.5, 0.6) is 5.75 Å². The highest BCUT2D eigenvalue weighted by atomic mass is 16.6. The first kappa shape index (κ1) is 18.7. The summed E-state index contributed by atoms with van der Waals surface area (Å²) in [5.41, 5.74) is 1.63. The highest BCUT2D eigenvalue weighted by Gasteiger charge is 2.19. The summed E-state index contributed by atoms with van der Waals surface area (Å²) in [6.07, 6.45) is 4.80. The number of anilines is 1. The highest BCUT2D eigenvalue weighted by molar-refractivity contribution is 6.00. The zero-order valence-corrected chi connectivity index (χ0v) is 15.2. The molecule has 0 heterocycles.